The molecule has 0 radical (unpaired) electrons. The van der Waals surface area contributed by atoms with E-state index in [0.29, 0.717) is 22.2 Å². The third kappa shape index (κ3) is 4.53. The number of rotatable bonds is 5. The van der Waals surface area contributed by atoms with Gasteiger partial charge in [0.05, 0.1) is 24.0 Å². The van der Waals surface area contributed by atoms with E-state index in [-0.39, 0.29) is 24.4 Å². The van der Waals surface area contributed by atoms with Crippen LogP contribution in [0.25, 0.3) is 11.2 Å². The van der Waals surface area contributed by atoms with E-state index in [1.807, 2.05) is 35.6 Å². The van der Waals surface area contributed by atoms with Gasteiger partial charge in [0, 0.05) is 42.1 Å². The summed E-state index contributed by atoms with van der Waals surface area (Å²) in [6.07, 6.45) is 2.26. The summed E-state index contributed by atoms with van der Waals surface area (Å²) >= 11 is 12.6. The van der Waals surface area contributed by atoms with Gasteiger partial charge in [-0.25, -0.2) is 14.6 Å². The fourth-order valence-corrected chi connectivity index (χ4v) is 6.28. The molecule has 4 heterocycles. The van der Waals surface area contributed by atoms with Gasteiger partial charge in [-0.3, -0.25) is 9.69 Å². The molecule has 2 saturated heterocycles. The number of anilines is 1. The predicted molar refractivity (Wildman–Crippen MR) is 139 cm³/mol. The van der Waals surface area contributed by atoms with Gasteiger partial charge >= 0.3 is 5.97 Å². The quantitative estimate of drug-likeness (QED) is 0.510. The number of fused-ring (bicyclic) bond motifs is 1. The molecule has 2 aliphatic heterocycles. The van der Waals surface area contributed by atoms with Crippen molar-refractivity contribution in [2.75, 3.05) is 24.5 Å². The Morgan fingerprint density at radius 3 is 2.72 bits per heavy atom. The first-order valence-electron chi connectivity index (χ1n) is 12.2. The van der Waals surface area contributed by atoms with Gasteiger partial charge in [0.1, 0.15) is 17.4 Å². The molecule has 9 nitrogen and oxygen atoms in total. The number of hydrogen-bond acceptors (Lipinski definition) is 7. The second-order valence-corrected chi connectivity index (χ2v) is 10.8. The van der Waals surface area contributed by atoms with E-state index in [0.717, 1.165) is 42.1 Å². The maximum absolute atomic E-state index is 11.7. The summed E-state index contributed by atoms with van der Waals surface area (Å²) in [6, 6.07) is 4.74. The largest absolute Gasteiger partial charge is 0.480 e. The van der Waals surface area contributed by atoms with Crippen molar-refractivity contribution >= 4 is 46.2 Å². The Labute approximate surface area is 219 Å². The van der Waals surface area contributed by atoms with Crippen LogP contribution in [0.2, 0.25) is 10.0 Å². The Morgan fingerprint density at radius 1 is 1.25 bits per heavy atom. The first-order chi connectivity index (χ1) is 17.1. The van der Waals surface area contributed by atoms with E-state index in [4.69, 9.17) is 38.3 Å². The van der Waals surface area contributed by atoms with Gasteiger partial charge in [0.2, 0.25) is 0 Å². The average Bonchev–Trinajstić information content (AvgIpc) is 3.38. The molecular weight excluding hydrogens is 503 g/mol. The molecule has 1 aromatic carbocycles. The molecule has 0 spiro atoms. The first-order valence-corrected chi connectivity index (χ1v) is 13.0. The van der Waals surface area contributed by atoms with Crippen LogP contribution in [0, 0.1) is 12.8 Å². The van der Waals surface area contributed by atoms with Crippen molar-refractivity contribution in [1.29, 1.82) is 0 Å². The maximum Gasteiger partial charge on any atom is 0.321 e. The Bertz CT molecular complexity index is 1300. The monoisotopic (exact) mass is 532 g/mol. The molecule has 2 aliphatic rings. The zero-order valence-electron chi connectivity index (χ0n) is 20.5. The number of halogens is 2. The van der Waals surface area contributed by atoms with Crippen LogP contribution < -0.4 is 4.90 Å². The number of aliphatic carboxylic acids is 1. The lowest BCUT2D eigenvalue weighted by atomic mass is 9.91. The van der Waals surface area contributed by atoms with Gasteiger partial charge in [-0.05, 0) is 43.9 Å². The SMILES string of the molecule is Cc1nn([C@H](C)c2ccc(Cl)cc2Cl)c2nc(N3CCC(N4C[C@H](O)C[C@H]4C(=O)O)[C@H](C)C3)cnc12. The molecule has 2 N–H and O–H groups in total. The molecule has 5 atom stereocenters. The van der Waals surface area contributed by atoms with Gasteiger partial charge < -0.3 is 15.1 Å². The number of benzene rings is 1. The molecule has 0 amide bonds. The van der Waals surface area contributed by atoms with Crippen LogP contribution in [-0.2, 0) is 4.79 Å². The van der Waals surface area contributed by atoms with E-state index < -0.39 is 18.1 Å². The lowest BCUT2D eigenvalue weighted by Crippen LogP contribution is -2.53. The van der Waals surface area contributed by atoms with Gasteiger partial charge in [-0.1, -0.05) is 36.2 Å². The number of nitrogens with zero attached hydrogens (tertiary/aromatic N) is 6. The lowest BCUT2D eigenvalue weighted by Gasteiger charge is -2.42. The summed E-state index contributed by atoms with van der Waals surface area (Å²) in [6.45, 7) is 7.91. The minimum atomic E-state index is -0.865. The van der Waals surface area contributed by atoms with Crippen molar-refractivity contribution < 1.29 is 15.0 Å². The van der Waals surface area contributed by atoms with Gasteiger partial charge in [0.25, 0.3) is 0 Å². The summed E-state index contributed by atoms with van der Waals surface area (Å²) in [4.78, 5) is 25.6. The topological polar surface area (TPSA) is 108 Å². The Morgan fingerprint density at radius 2 is 2.03 bits per heavy atom. The van der Waals surface area contributed by atoms with E-state index >= 15 is 0 Å². The zero-order valence-corrected chi connectivity index (χ0v) is 22.0. The molecule has 36 heavy (non-hydrogen) atoms. The summed E-state index contributed by atoms with van der Waals surface area (Å²) < 4.78 is 1.86. The summed E-state index contributed by atoms with van der Waals surface area (Å²) in [5.74, 6) is 0.0949. The number of aliphatic hydroxyl groups excluding tert-OH is 1. The van der Waals surface area contributed by atoms with Gasteiger partial charge in [-0.2, -0.15) is 5.10 Å². The maximum atomic E-state index is 11.7. The smallest absolute Gasteiger partial charge is 0.321 e. The van der Waals surface area contributed by atoms with Crippen LogP contribution in [0.1, 0.15) is 44.0 Å². The average molecular weight is 533 g/mol. The molecule has 11 heteroatoms. The number of carboxylic acids is 1. The van der Waals surface area contributed by atoms with Crippen LogP contribution >= 0.6 is 23.2 Å². The number of aryl methyl sites for hydroxylation is 1. The summed E-state index contributed by atoms with van der Waals surface area (Å²) in [5, 5.41) is 25.6. The minimum absolute atomic E-state index is 0.0935. The fourth-order valence-electron chi connectivity index (χ4n) is 5.72. The Balaban J connectivity index is 1.40. The van der Waals surface area contributed by atoms with Gasteiger partial charge in [-0.15, -0.1) is 0 Å². The highest BCUT2D eigenvalue weighted by atomic mass is 35.5. The third-order valence-corrected chi connectivity index (χ3v) is 8.11. The van der Waals surface area contributed by atoms with Crippen LogP contribution in [0.15, 0.2) is 24.4 Å². The van der Waals surface area contributed by atoms with Crippen molar-refractivity contribution in [3.8, 4) is 0 Å². The van der Waals surface area contributed by atoms with Crippen LogP contribution in [0.5, 0.6) is 0 Å². The van der Waals surface area contributed by atoms with Crippen molar-refractivity contribution in [1.82, 2.24) is 24.6 Å². The first kappa shape index (κ1) is 25.2. The number of piperidine rings is 1. The van der Waals surface area contributed by atoms with Crippen molar-refractivity contribution in [2.45, 2.75) is 57.8 Å². The Hall–Kier alpha value is -2.46. The highest BCUT2D eigenvalue weighted by Crippen LogP contribution is 2.33. The number of aliphatic hydroxyl groups is 1. The molecule has 5 rings (SSSR count). The number of likely N-dealkylation sites (tertiary alicyclic amines) is 1. The number of hydrogen-bond donors (Lipinski definition) is 2. The predicted octanol–water partition coefficient (Wildman–Crippen LogP) is 3.79. The molecule has 2 aromatic heterocycles. The van der Waals surface area contributed by atoms with Crippen molar-refractivity contribution in [3.63, 3.8) is 0 Å². The normalized spacial score (nSPS) is 26.0. The molecule has 0 saturated carbocycles. The number of β-amino-alcohol motifs (C(OH)–C–C–N with tert-alkyl or cyclic N) is 1. The summed E-state index contributed by atoms with van der Waals surface area (Å²) in [5.41, 5.74) is 3.12. The number of carboxylic acid groups (broad SMARTS) is 1. The minimum Gasteiger partial charge on any atom is -0.480 e. The Kier molecular flexibility index (Phi) is 6.84. The van der Waals surface area contributed by atoms with Gasteiger partial charge in [0.15, 0.2) is 5.65 Å². The molecule has 1 unspecified atom stereocenters. The molecular formula is C25H30Cl2N6O3. The van der Waals surface area contributed by atoms with Crippen LogP contribution in [0.3, 0.4) is 0 Å². The van der Waals surface area contributed by atoms with Crippen LogP contribution in [-0.4, -0.2) is 78.7 Å². The summed E-state index contributed by atoms with van der Waals surface area (Å²) in [7, 11) is 0. The van der Waals surface area contributed by atoms with Crippen molar-refractivity contribution in [3.05, 3.63) is 45.7 Å². The molecule has 0 bridgehead atoms. The van der Waals surface area contributed by atoms with E-state index in [9.17, 15) is 15.0 Å². The third-order valence-electron chi connectivity index (χ3n) is 7.55. The molecule has 3 aromatic rings. The lowest BCUT2D eigenvalue weighted by molar-refractivity contribution is -0.143. The zero-order chi connectivity index (χ0) is 25.7. The number of aromatic nitrogens is 4. The molecule has 192 valence electrons. The highest BCUT2D eigenvalue weighted by molar-refractivity contribution is 6.35. The molecule has 0 aliphatic carbocycles. The number of carbonyl (C=O) groups is 1. The fraction of sp³-hybridized carbons (Fsp3) is 0.520. The molecule has 2 fully saturated rings. The standard InChI is InChI=1S/C25H30Cl2N6O3/c1-13-11-31(7-6-20(13)32-12-17(34)9-21(32)25(35)36)22-10-28-23-14(2)30-33(24(23)29-22)15(3)18-5-4-16(26)8-19(18)27/h4-5,8,10,13,15,17,20-21,34H,6-7,9,11-12H2,1-3H3,(H,35,36)/t13-,15-,17-,20?,21+/m1/s1. The van der Waals surface area contributed by atoms with E-state index in [1.54, 1.807) is 12.3 Å². The van der Waals surface area contributed by atoms with Crippen LogP contribution in [0.4, 0.5) is 5.82 Å². The highest BCUT2D eigenvalue weighted by Gasteiger charge is 2.43. The second-order valence-electron chi connectivity index (χ2n) is 9.99. The van der Waals surface area contributed by atoms with E-state index in [1.165, 1.54) is 0 Å². The van der Waals surface area contributed by atoms with E-state index in [2.05, 4.69) is 11.8 Å². The second kappa shape index (κ2) is 9.78. The van der Waals surface area contributed by atoms with Crippen molar-refractivity contribution in [2.24, 2.45) is 5.92 Å².